The van der Waals surface area contributed by atoms with Crippen molar-refractivity contribution >= 4 is 17.8 Å². The lowest BCUT2D eigenvalue weighted by molar-refractivity contribution is -0.150. The second-order valence-electron chi connectivity index (χ2n) is 4.29. The van der Waals surface area contributed by atoms with Crippen LogP contribution in [-0.2, 0) is 14.3 Å². The normalized spacial score (nSPS) is 21.3. The van der Waals surface area contributed by atoms with Gasteiger partial charge in [0, 0.05) is 0 Å². The summed E-state index contributed by atoms with van der Waals surface area (Å²) in [7, 11) is 0. The first-order valence-corrected chi connectivity index (χ1v) is 6.19. The van der Waals surface area contributed by atoms with Gasteiger partial charge in [0.05, 0.1) is 6.61 Å². The lowest BCUT2D eigenvalue weighted by atomic mass is 10.1. The van der Waals surface area contributed by atoms with Crippen LogP contribution in [0, 0.1) is 5.92 Å². The van der Waals surface area contributed by atoms with E-state index >= 15 is 0 Å². The maximum Gasteiger partial charge on any atom is 0.316 e. The highest BCUT2D eigenvalue weighted by Crippen LogP contribution is 2.29. The number of esters is 1. The van der Waals surface area contributed by atoms with Crippen LogP contribution in [0.3, 0.4) is 0 Å². The third kappa shape index (κ3) is 2.67. The number of rotatable bonds is 3. The van der Waals surface area contributed by atoms with E-state index in [1.54, 1.807) is 6.92 Å². The van der Waals surface area contributed by atoms with Gasteiger partial charge in [-0.25, -0.2) is 0 Å². The van der Waals surface area contributed by atoms with Crippen LogP contribution >= 0.6 is 0 Å². The van der Waals surface area contributed by atoms with Crippen molar-refractivity contribution in [2.75, 3.05) is 6.61 Å². The molecule has 1 aromatic rings. The number of benzene rings is 1. The number of ether oxygens (including phenoxy) is 1. The maximum atomic E-state index is 12.1. The molecule has 0 amide bonds. The topological polar surface area (TPSA) is 43.4 Å². The van der Waals surface area contributed by atoms with Crippen molar-refractivity contribution in [1.82, 2.24) is 0 Å². The van der Waals surface area contributed by atoms with E-state index in [4.69, 9.17) is 4.74 Å². The second kappa shape index (κ2) is 5.63. The summed E-state index contributed by atoms with van der Waals surface area (Å²) in [5, 5.41) is 0. The van der Waals surface area contributed by atoms with Gasteiger partial charge >= 0.3 is 5.97 Å². The van der Waals surface area contributed by atoms with Crippen molar-refractivity contribution in [1.29, 1.82) is 0 Å². The van der Waals surface area contributed by atoms with Gasteiger partial charge in [-0.3, -0.25) is 9.59 Å². The van der Waals surface area contributed by atoms with E-state index in [-0.39, 0.29) is 11.8 Å². The van der Waals surface area contributed by atoms with Gasteiger partial charge in [-0.15, -0.1) is 0 Å². The molecule has 1 saturated carbocycles. The highest BCUT2D eigenvalue weighted by molar-refractivity contribution is 6.12. The Morgan fingerprint density at radius 3 is 2.78 bits per heavy atom. The Hall–Kier alpha value is -1.90. The Labute approximate surface area is 106 Å². The van der Waals surface area contributed by atoms with Crippen LogP contribution in [0.1, 0.15) is 25.3 Å². The summed E-state index contributed by atoms with van der Waals surface area (Å²) in [5.41, 5.74) is 1.71. The molecule has 2 rings (SSSR count). The lowest BCUT2D eigenvalue weighted by Crippen LogP contribution is -2.21. The van der Waals surface area contributed by atoms with Crippen molar-refractivity contribution in [2.45, 2.75) is 19.8 Å². The van der Waals surface area contributed by atoms with E-state index in [0.717, 1.165) is 11.1 Å². The van der Waals surface area contributed by atoms with Crippen molar-refractivity contribution < 1.29 is 14.3 Å². The van der Waals surface area contributed by atoms with E-state index in [9.17, 15) is 9.59 Å². The third-order valence-corrected chi connectivity index (χ3v) is 3.05. The Balaban J connectivity index is 2.12. The van der Waals surface area contributed by atoms with E-state index in [1.165, 1.54) is 0 Å². The van der Waals surface area contributed by atoms with Gasteiger partial charge in [0.25, 0.3) is 0 Å². The molecule has 0 N–H and O–H groups in total. The molecule has 1 atom stereocenters. The van der Waals surface area contributed by atoms with Crippen LogP contribution in [0.2, 0.25) is 0 Å². The highest BCUT2D eigenvalue weighted by Gasteiger charge is 2.35. The molecule has 1 aliphatic rings. The van der Waals surface area contributed by atoms with E-state index < -0.39 is 5.92 Å². The summed E-state index contributed by atoms with van der Waals surface area (Å²) in [4.78, 5) is 23.6. The van der Waals surface area contributed by atoms with Crippen LogP contribution in [0.25, 0.3) is 6.08 Å². The van der Waals surface area contributed by atoms with Crippen LogP contribution in [-0.4, -0.2) is 18.4 Å². The van der Waals surface area contributed by atoms with Gasteiger partial charge in [0.1, 0.15) is 5.92 Å². The predicted molar refractivity (Wildman–Crippen MR) is 68.8 cm³/mol. The second-order valence-corrected chi connectivity index (χ2v) is 4.29. The average molecular weight is 244 g/mol. The summed E-state index contributed by atoms with van der Waals surface area (Å²) in [6, 6.07) is 9.67. The van der Waals surface area contributed by atoms with Gasteiger partial charge in [0.2, 0.25) is 0 Å². The minimum Gasteiger partial charge on any atom is -0.465 e. The Morgan fingerprint density at radius 2 is 2.11 bits per heavy atom. The summed E-state index contributed by atoms with van der Waals surface area (Å²) in [6.45, 7) is 2.07. The molecule has 94 valence electrons. The summed E-state index contributed by atoms with van der Waals surface area (Å²) in [6.07, 6.45) is 3.08. The number of hydrogen-bond acceptors (Lipinski definition) is 3. The zero-order valence-electron chi connectivity index (χ0n) is 10.4. The number of allylic oxidation sites excluding steroid dienone is 1. The maximum absolute atomic E-state index is 12.1. The number of hydrogen-bond donors (Lipinski definition) is 0. The van der Waals surface area contributed by atoms with E-state index in [2.05, 4.69) is 0 Å². The number of ketones is 1. The SMILES string of the molecule is CCOC(=O)[C@H]1CC/C(=C/c2ccccc2)C1=O. The largest absolute Gasteiger partial charge is 0.465 e. The average Bonchev–Trinajstić information content (AvgIpc) is 2.73. The first-order chi connectivity index (χ1) is 8.72. The van der Waals surface area contributed by atoms with Gasteiger partial charge in [0.15, 0.2) is 5.78 Å². The smallest absolute Gasteiger partial charge is 0.316 e. The van der Waals surface area contributed by atoms with Crippen LogP contribution in [0.4, 0.5) is 0 Å². The monoisotopic (exact) mass is 244 g/mol. The molecule has 0 aliphatic heterocycles. The van der Waals surface area contributed by atoms with Crippen LogP contribution < -0.4 is 0 Å². The quantitative estimate of drug-likeness (QED) is 0.466. The molecule has 0 unspecified atom stereocenters. The first kappa shape index (κ1) is 12.6. The van der Waals surface area contributed by atoms with E-state index in [0.29, 0.717) is 19.4 Å². The van der Waals surface area contributed by atoms with Crippen molar-refractivity contribution in [3.8, 4) is 0 Å². The van der Waals surface area contributed by atoms with Crippen molar-refractivity contribution in [2.24, 2.45) is 5.92 Å². The van der Waals surface area contributed by atoms with Crippen LogP contribution in [0.15, 0.2) is 35.9 Å². The van der Waals surface area contributed by atoms with Crippen molar-refractivity contribution in [3.05, 3.63) is 41.5 Å². The predicted octanol–water partition coefficient (Wildman–Crippen LogP) is 2.61. The standard InChI is InChI=1S/C15H16O3/c1-2-18-15(17)13-9-8-12(14(13)16)10-11-6-4-3-5-7-11/h3-7,10,13H,2,8-9H2,1H3/b12-10-/t13-/m0/s1. The molecular formula is C15H16O3. The molecule has 1 fully saturated rings. The number of carbonyl (C=O) groups excluding carboxylic acids is 2. The van der Waals surface area contributed by atoms with Crippen molar-refractivity contribution in [3.63, 3.8) is 0 Å². The summed E-state index contributed by atoms with van der Waals surface area (Å²) < 4.78 is 4.91. The molecular weight excluding hydrogens is 228 g/mol. The molecule has 3 heteroatoms. The highest BCUT2D eigenvalue weighted by atomic mass is 16.5. The summed E-state index contributed by atoms with van der Waals surface area (Å²) in [5.74, 6) is -1.07. The third-order valence-electron chi connectivity index (χ3n) is 3.05. The molecule has 3 nitrogen and oxygen atoms in total. The fourth-order valence-electron chi connectivity index (χ4n) is 2.14. The Bertz CT molecular complexity index is 474. The molecule has 0 bridgehead atoms. The Morgan fingerprint density at radius 1 is 1.39 bits per heavy atom. The zero-order chi connectivity index (χ0) is 13.0. The first-order valence-electron chi connectivity index (χ1n) is 6.19. The molecule has 0 radical (unpaired) electrons. The van der Waals surface area contributed by atoms with Gasteiger partial charge in [-0.1, -0.05) is 30.3 Å². The molecule has 0 aromatic heterocycles. The van der Waals surface area contributed by atoms with Crippen LogP contribution in [0.5, 0.6) is 0 Å². The molecule has 0 heterocycles. The van der Waals surface area contributed by atoms with Gasteiger partial charge < -0.3 is 4.74 Å². The molecule has 0 saturated heterocycles. The summed E-state index contributed by atoms with van der Waals surface area (Å²) >= 11 is 0. The molecule has 1 aliphatic carbocycles. The molecule has 1 aromatic carbocycles. The molecule has 0 spiro atoms. The minimum absolute atomic E-state index is 0.0858. The van der Waals surface area contributed by atoms with Gasteiger partial charge in [-0.05, 0) is 37.0 Å². The number of Topliss-reactive ketones (excluding diaryl/α,β-unsaturated/α-hetero) is 1. The minimum atomic E-state index is -0.597. The van der Waals surface area contributed by atoms with E-state index in [1.807, 2.05) is 36.4 Å². The lowest BCUT2D eigenvalue weighted by Gasteiger charge is -2.05. The number of carbonyl (C=O) groups is 2. The zero-order valence-corrected chi connectivity index (χ0v) is 10.4. The fraction of sp³-hybridized carbons (Fsp3) is 0.333. The van der Waals surface area contributed by atoms with Gasteiger partial charge in [-0.2, -0.15) is 0 Å². The fourth-order valence-corrected chi connectivity index (χ4v) is 2.14. The molecule has 18 heavy (non-hydrogen) atoms. The Kier molecular flexibility index (Phi) is 3.92.